The van der Waals surface area contributed by atoms with E-state index in [-0.39, 0.29) is 0 Å². The summed E-state index contributed by atoms with van der Waals surface area (Å²) >= 11 is 0. The van der Waals surface area contributed by atoms with E-state index in [1.54, 1.807) is 0 Å². The van der Waals surface area contributed by atoms with Gasteiger partial charge in [0.15, 0.2) is 0 Å². The minimum atomic E-state index is 0.641. The minimum absolute atomic E-state index is 0.641. The van der Waals surface area contributed by atoms with Crippen molar-refractivity contribution in [3.8, 4) is 0 Å². The molecule has 0 amide bonds. The maximum absolute atomic E-state index is 4.68. The summed E-state index contributed by atoms with van der Waals surface area (Å²) in [5.74, 6) is 2.89. The predicted octanol–water partition coefficient (Wildman–Crippen LogP) is 2.39. The van der Waals surface area contributed by atoms with E-state index in [2.05, 4.69) is 59.1 Å². The van der Waals surface area contributed by atoms with Gasteiger partial charge in [-0.15, -0.1) is 0 Å². The average Bonchev–Trinajstić information content (AvgIpc) is 2.90. The van der Waals surface area contributed by atoms with Crippen LogP contribution in [0.25, 0.3) is 0 Å². The molecule has 21 heavy (non-hydrogen) atoms. The number of aryl methyl sites for hydroxylation is 1. The molecule has 5 nitrogen and oxygen atoms in total. The number of likely N-dealkylation sites (N-methyl/N-ethyl adjacent to an activating group) is 2. The molecule has 2 heterocycles. The molecule has 1 aromatic heterocycles. The summed E-state index contributed by atoms with van der Waals surface area (Å²) in [6.45, 7) is 7.47. The highest BCUT2D eigenvalue weighted by molar-refractivity contribution is 5.49. The molecule has 1 fully saturated rings. The molecule has 118 valence electrons. The van der Waals surface area contributed by atoms with Crippen LogP contribution in [0.5, 0.6) is 0 Å². The molecule has 1 N–H and O–H groups in total. The van der Waals surface area contributed by atoms with Crippen molar-refractivity contribution >= 4 is 11.6 Å². The summed E-state index contributed by atoms with van der Waals surface area (Å²) in [5, 5.41) is 3.38. The maximum Gasteiger partial charge on any atom is 0.134 e. The van der Waals surface area contributed by atoms with Crippen LogP contribution in [-0.4, -0.2) is 54.6 Å². The van der Waals surface area contributed by atoms with Gasteiger partial charge in [0.05, 0.1) is 0 Å². The number of likely N-dealkylation sites (tertiary alicyclic amines) is 1. The molecule has 0 bridgehead atoms. The summed E-state index contributed by atoms with van der Waals surface area (Å²) < 4.78 is 0. The third kappa shape index (κ3) is 4.30. The fraction of sp³-hybridized carbons (Fsp3) is 0.750. The zero-order valence-corrected chi connectivity index (χ0v) is 13.9. The summed E-state index contributed by atoms with van der Waals surface area (Å²) in [7, 11) is 4.36. The topological polar surface area (TPSA) is 44.3 Å². The van der Waals surface area contributed by atoms with Gasteiger partial charge in [-0.1, -0.05) is 13.8 Å². The van der Waals surface area contributed by atoms with E-state index in [4.69, 9.17) is 0 Å². The van der Waals surface area contributed by atoms with Crippen molar-refractivity contribution in [3.05, 3.63) is 11.9 Å². The number of nitrogens with one attached hydrogen (secondary N) is 1. The lowest BCUT2D eigenvalue weighted by atomic mass is 10.2. The summed E-state index contributed by atoms with van der Waals surface area (Å²) in [6.07, 6.45) is 4.56. The lowest BCUT2D eigenvalue weighted by molar-refractivity contribution is 0.314. The quantitative estimate of drug-likeness (QED) is 0.835. The number of anilines is 2. The number of aromatic nitrogens is 2. The number of hydrogen-bond acceptors (Lipinski definition) is 5. The van der Waals surface area contributed by atoms with E-state index in [9.17, 15) is 0 Å². The molecule has 1 saturated heterocycles. The highest BCUT2D eigenvalue weighted by atomic mass is 15.2. The number of nitrogens with zero attached hydrogens (tertiary/aromatic N) is 4. The van der Waals surface area contributed by atoms with Gasteiger partial charge in [0.25, 0.3) is 0 Å². The molecule has 0 radical (unpaired) electrons. The summed E-state index contributed by atoms with van der Waals surface area (Å²) in [4.78, 5) is 14.0. The smallest absolute Gasteiger partial charge is 0.134 e. The molecule has 5 heteroatoms. The van der Waals surface area contributed by atoms with E-state index >= 15 is 0 Å². The Bertz CT molecular complexity index is 448. The van der Waals surface area contributed by atoms with Crippen molar-refractivity contribution < 1.29 is 0 Å². The van der Waals surface area contributed by atoms with Crippen molar-refractivity contribution in [1.82, 2.24) is 14.9 Å². The van der Waals surface area contributed by atoms with E-state index < -0.39 is 0 Å². The first-order valence-electron chi connectivity index (χ1n) is 8.17. The largest absolute Gasteiger partial charge is 0.370 e. The second kappa shape index (κ2) is 7.59. The van der Waals surface area contributed by atoms with Gasteiger partial charge in [-0.3, -0.25) is 0 Å². The van der Waals surface area contributed by atoms with E-state index in [0.29, 0.717) is 6.04 Å². The van der Waals surface area contributed by atoms with Gasteiger partial charge in [-0.25, -0.2) is 9.97 Å². The van der Waals surface area contributed by atoms with Crippen molar-refractivity contribution in [2.45, 2.75) is 45.6 Å². The molecule has 1 atom stereocenters. The second-order valence-corrected chi connectivity index (χ2v) is 5.97. The third-order valence-electron chi connectivity index (χ3n) is 4.18. The van der Waals surface area contributed by atoms with Gasteiger partial charge in [0.1, 0.15) is 17.5 Å². The van der Waals surface area contributed by atoms with Gasteiger partial charge in [-0.2, -0.15) is 0 Å². The third-order valence-corrected chi connectivity index (χ3v) is 4.18. The number of hydrogen-bond donors (Lipinski definition) is 1. The van der Waals surface area contributed by atoms with Crippen LogP contribution in [0.3, 0.4) is 0 Å². The SMILES string of the molecule is CCCNc1cc(N(C)CC2CCCN2C)nc(CC)n1. The molecule has 0 aliphatic carbocycles. The molecule has 1 aromatic rings. The van der Waals surface area contributed by atoms with Crippen molar-refractivity contribution in [3.63, 3.8) is 0 Å². The van der Waals surface area contributed by atoms with Crippen LogP contribution in [0.2, 0.25) is 0 Å². The molecule has 1 unspecified atom stereocenters. The Hall–Kier alpha value is -1.36. The van der Waals surface area contributed by atoms with Crippen molar-refractivity contribution in [2.24, 2.45) is 0 Å². The average molecular weight is 291 g/mol. The van der Waals surface area contributed by atoms with Crippen molar-refractivity contribution in [2.75, 3.05) is 43.9 Å². The van der Waals surface area contributed by atoms with Crippen LogP contribution in [0.15, 0.2) is 6.07 Å². The molecule has 1 aliphatic heterocycles. The summed E-state index contributed by atoms with van der Waals surface area (Å²) in [6, 6.07) is 2.71. The minimum Gasteiger partial charge on any atom is -0.370 e. The Labute approximate surface area is 128 Å². The molecule has 0 spiro atoms. The second-order valence-electron chi connectivity index (χ2n) is 5.97. The Morgan fingerprint density at radius 3 is 2.81 bits per heavy atom. The standard InChI is InChI=1S/C16H29N5/c1-5-9-17-15-11-16(19-14(6-2)18-15)21(4)12-13-8-7-10-20(13)3/h11,13H,5-10,12H2,1-4H3,(H,17,18,19). The first kappa shape index (κ1) is 16.0. The Balaban J connectivity index is 2.09. The molecule has 0 saturated carbocycles. The highest BCUT2D eigenvalue weighted by Gasteiger charge is 2.22. The summed E-state index contributed by atoms with van der Waals surface area (Å²) in [5.41, 5.74) is 0. The zero-order valence-electron chi connectivity index (χ0n) is 13.9. The van der Waals surface area contributed by atoms with Crippen molar-refractivity contribution in [1.29, 1.82) is 0 Å². The Morgan fingerprint density at radius 2 is 2.19 bits per heavy atom. The maximum atomic E-state index is 4.68. The molecule has 2 rings (SSSR count). The van der Waals surface area contributed by atoms with E-state index in [1.807, 2.05) is 0 Å². The van der Waals surface area contributed by atoms with Crippen LogP contribution >= 0.6 is 0 Å². The first-order valence-corrected chi connectivity index (χ1v) is 8.17. The Morgan fingerprint density at radius 1 is 1.38 bits per heavy atom. The van der Waals surface area contributed by atoms with Crippen LogP contribution in [0, 0.1) is 0 Å². The predicted molar refractivity (Wildman–Crippen MR) is 89.1 cm³/mol. The molecule has 1 aliphatic rings. The monoisotopic (exact) mass is 291 g/mol. The molecule has 0 aromatic carbocycles. The lowest BCUT2D eigenvalue weighted by Gasteiger charge is -2.27. The fourth-order valence-electron chi connectivity index (χ4n) is 2.80. The van der Waals surface area contributed by atoms with Crippen LogP contribution < -0.4 is 10.2 Å². The van der Waals surface area contributed by atoms with E-state index in [1.165, 1.54) is 19.4 Å². The van der Waals surface area contributed by atoms with Crippen LogP contribution in [-0.2, 0) is 6.42 Å². The first-order chi connectivity index (χ1) is 10.1. The van der Waals surface area contributed by atoms with Gasteiger partial charge in [-0.05, 0) is 32.9 Å². The van der Waals surface area contributed by atoms with E-state index in [0.717, 1.165) is 43.4 Å². The van der Waals surface area contributed by atoms with Gasteiger partial charge in [0.2, 0.25) is 0 Å². The zero-order chi connectivity index (χ0) is 15.2. The Kier molecular flexibility index (Phi) is 5.79. The molecular formula is C16H29N5. The highest BCUT2D eigenvalue weighted by Crippen LogP contribution is 2.20. The van der Waals surface area contributed by atoms with Gasteiger partial charge in [0, 0.05) is 38.7 Å². The molecular weight excluding hydrogens is 262 g/mol. The van der Waals surface area contributed by atoms with Crippen LogP contribution in [0.1, 0.15) is 38.9 Å². The normalized spacial score (nSPS) is 19.0. The van der Waals surface area contributed by atoms with Gasteiger partial charge >= 0.3 is 0 Å². The van der Waals surface area contributed by atoms with Crippen LogP contribution in [0.4, 0.5) is 11.6 Å². The van der Waals surface area contributed by atoms with Gasteiger partial charge < -0.3 is 15.1 Å². The number of rotatable bonds is 7. The fourth-order valence-corrected chi connectivity index (χ4v) is 2.80. The lowest BCUT2D eigenvalue weighted by Crippen LogP contribution is -2.37.